The molecular formula is C28H44. The van der Waals surface area contributed by atoms with Crippen molar-refractivity contribution in [2.24, 2.45) is 29.6 Å². The number of hydrogen-bond acceptors (Lipinski definition) is 0. The zero-order valence-corrected chi connectivity index (χ0v) is 18.7. The smallest absolute Gasteiger partial charge is 0.0245 e. The lowest BCUT2D eigenvalue weighted by Gasteiger charge is -2.45. The molecule has 0 spiro atoms. The molecule has 28 heavy (non-hydrogen) atoms. The summed E-state index contributed by atoms with van der Waals surface area (Å²) in [5, 5.41) is 0. The van der Waals surface area contributed by atoms with Crippen LogP contribution in [0.2, 0.25) is 0 Å². The number of unbranched alkanes of at least 4 members (excludes halogenated alkanes) is 2. The molecule has 0 N–H and O–H groups in total. The van der Waals surface area contributed by atoms with Crippen LogP contribution in [0.4, 0.5) is 0 Å². The molecule has 0 heterocycles. The van der Waals surface area contributed by atoms with Gasteiger partial charge in [-0.3, -0.25) is 0 Å². The number of benzene rings is 1. The summed E-state index contributed by atoms with van der Waals surface area (Å²) in [6.07, 6.45) is 21.9. The number of hydrogen-bond donors (Lipinski definition) is 0. The molecule has 2 saturated carbocycles. The van der Waals surface area contributed by atoms with Gasteiger partial charge in [-0.25, -0.2) is 0 Å². The Hall–Kier alpha value is -0.780. The Morgan fingerprint density at radius 1 is 0.750 bits per heavy atom. The van der Waals surface area contributed by atoms with Crippen LogP contribution in [0, 0.1) is 29.6 Å². The highest BCUT2D eigenvalue weighted by Crippen LogP contribution is 2.49. The van der Waals surface area contributed by atoms with Gasteiger partial charge < -0.3 is 0 Å². The Balaban J connectivity index is 1.29. The van der Waals surface area contributed by atoms with E-state index in [0.717, 1.165) is 29.6 Å². The largest absolute Gasteiger partial charge is 0.0654 e. The molecule has 5 atom stereocenters. The van der Waals surface area contributed by atoms with Crippen LogP contribution in [0.15, 0.2) is 18.2 Å². The molecule has 0 aliphatic heterocycles. The van der Waals surface area contributed by atoms with Gasteiger partial charge in [-0.05, 0) is 104 Å². The fourth-order valence-electron chi connectivity index (χ4n) is 7.08. The van der Waals surface area contributed by atoms with Gasteiger partial charge in [-0.2, -0.15) is 0 Å². The maximum atomic E-state index is 2.53. The first-order chi connectivity index (χ1) is 13.8. The normalized spacial score (nSPS) is 32.6. The van der Waals surface area contributed by atoms with E-state index in [1.165, 1.54) is 64.2 Å². The Morgan fingerprint density at radius 3 is 2.36 bits per heavy atom. The molecule has 1 aromatic carbocycles. The maximum Gasteiger partial charge on any atom is -0.0245 e. The predicted octanol–water partition coefficient (Wildman–Crippen LogP) is 8.16. The third-order valence-electron chi connectivity index (χ3n) is 8.72. The molecule has 0 amide bonds. The number of fused-ring (bicyclic) bond motifs is 2. The summed E-state index contributed by atoms with van der Waals surface area (Å²) in [5.41, 5.74) is 4.94. The van der Waals surface area contributed by atoms with Crippen molar-refractivity contribution in [3.05, 3.63) is 34.9 Å². The molecule has 0 radical (unpaired) electrons. The van der Waals surface area contributed by atoms with E-state index in [-0.39, 0.29) is 0 Å². The lowest BCUT2D eigenvalue weighted by molar-refractivity contribution is 0.0690. The van der Waals surface area contributed by atoms with E-state index < -0.39 is 0 Å². The zero-order chi connectivity index (χ0) is 19.3. The Kier molecular flexibility index (Phi) is 7.18. The highest BCUT2D eigenvalue weighted by molar-refractivity contribution is 5.34. The number of rotatable bonds is 7. The van der Waals surface area contributed by atoms with Crippen LogP contribution in [0.25, 0.3) is 0 Å². The van der Waals surface area contributed by atoms with E-state index >= 15 is 0 Å². The van der Waals surface area contributed by atoms with E-state index in [2.05, 4.69) is 32.0 Å². The second kappa shape index (κ2) is 9.82. The Labute approximate surface area is 174 Å². The predicted molar refractivity (Wildman–Crippen MR) is 122 cm³/mol. The lowest BCUT2D eigenvalue weighted by atomic mass is 9.61. The monoisotopic (exact) mass is 380 g/mol. The van der Waals surface area contributed by atoms with Crippen LogP contribution in [-0.4, -0.2) is 0 Å². The fourth-order valence-corrected chi connectivity index (χ4v) is 7.08. The second-order valence-electron chi connectivity index (χ2n) is 10.6. The minimum atomic E-state index is 0.979. The van der Waals surface area contributed by atoms with Gasteiger partial charge in [-0.1, -0.05) is 70.6 Å². The van der Waals surface area contributed by atoms with Crippen molar-refractivity contribution in [2.75, 3.05) is 0 Å². The SMILES string of the molecule is CCCCCC1CCC2CC(C3CCc4cc(CCC)ccc4C3)CCC2C1. The van der Waals surface area contributed by atoms with Gasteiger partial charge in [0.2, 0.25) is 0 Å². The molecule has 156 valence electrons. The Morgan fingerprint density at radius 2 is 1.54 bits per heavy atom. The molecule has 3 aliphatic carbocycles. The van der Waals surface area contributed by atoms with Crippen molar-refractivity contribution >= 4 is 0 Å². The van der Waals surface area contributed by atoms with E-state index in [1.54, 1.807) is 48.8 Å². The van der Waals surface area contributed by atoms with E-state index in [4.69, 9.17) is 0 Å². The maximum absolute atomic E-state index is 2.53. The van der Waals surface area contributed by atoms with Crippen LogP contribution in [0.5, 0.6) is 0 Å². The van der Waals surface area contributed by atoms with Crippen LogP contribution < -0.4 is 0 Å². The van der Waals surface area contributed by atoms with Crippen molar-refractivity contribution in [1.82, 2.24) is 0 Å². The van der Waals surface area contributed by atoms with Crippen molar-refractivity contribution in [3.8, 4) is 0 Å². The van der Waals surface area contributed by atoms with Crippen molar-refractivity contribution in [3.63, 3.8) is 0 Å². The molecule has 3 aliphatic rings. The summed E-state index contributed by atoms with van der Waals surface area (Å²) in [4.78, 5) is 0. The first kappa shape index (κ1) is 20.5. The van der Waals surface area contributed by atoms with Gasteiger partial charge in [0.15, 0.2) is 0 Å². The van der Waals surface area contributed by atoms with E-state index in [1.807, 2.05) is 0 Å². The lowest BCUT2D eigenvalue weighted by Crippen LogP contribution is -2.35. The summed E-state index contributed by atoms with van der Waals surface area (Å²) in [6.45, 7) is 4.64. The summed E-state index contributed by atoms with van der Waals surface area (Å²) >= 11 is 0. The second-order valence-corrected chi connectivity index (χ2v) is 10.6. The summed E-state index contributed by atoms with van der Waals surface area (Å²) in [5.74, 6) is 5.25. The van der Waals surface area contributed by atoms with Gasteiger partial charge >= 0.3 is 0 Å². The van der Waals surface area contributed by atoms with Crippen LogP contribution in [0.1, 0.15) is 108 Å². The van der Waals surface area contributed by atoms with Crippen LogP contribution >= 0.6 is 0 Å². The summed E-state index contributed by atoms with van der Waals surface area (Å²) in [6, 6.07) is 7.44. The molecule has 0 saturated heterocycles. The standard InChI is InChI=1S/C28H44/c1-3-5-6-8-22-10-12-26-20-28(16-14-24(26)18-22)27-15-13-23-17-21(7-4-2)9-11-25(23)19-27/h9,11,17,22,24,26-28H,3-8,10,12-16,18-20H2,1-2H3. The molecule has 4 rings (SSSR count). The third-order valence-corrected chi connectivity index (χ3v) is 8.72. The van der Waals surface area contributed by atoms with Gasteiger partial charge in [0, 0.05) is 0 Å². The molecule has 1 aromatic rings. The van der Waals surface area contributed by atoms with Crippen LogP contribution in [-0.2, 0) is 19.3 Å². The highest BCUT2D eigenvalue weighted by Gasteiger charge is 2.38. The molecular weight excluding hydrogens is 336 g/mol. The molecule has 5 unspecified atom stereocenters. The van der Waals surface area contributed by atoms with Gasteiger partial charge in [0.05, 0.1) is 0 Å². The first-order valence-corrected chi connectivity index (χ1v) is 12.9. The molecule has 0 bridgehead atoms. The van der Waals surface area contributed by atoms with Crippen molar-refractivity contribution < 1.29 is 0 Å². The van der Waals surface area contributed by atoms with E-state index in [9.17, 15) is 0 Å². The summed E-state index contributed by atoms with van der Waals surface area (Å²) < 4.78 is 0. The quantitative estimate of drug-likeness (QED) is 0.418. The average molecular weight is 381 g/mol. The highest BCUT2D eigenvalue weighted by atomic mass is 14.4. The fraction of sp³-hybridized carbons (Fsp3) is 0.786. The van der Waals surface area contributed by atoms with Crippen LogP contribution in [0.3, 0.4) is 0 Å². The molecule has 0 heteroatoms. The van der Waals surface area contributed by atoms with Crippen molar-refractivity contribution in [1.29, 1.82) is 0 Å². The molecule has 0 nitrogen and oxygen atoms in total. The summed E-state index contributed by atoms with van der Waals surface area (Å²) in [7, 11) is 0. The number of aryl methyl sites for hydroxylation is 2. The van der Waals surface area contributed by atoms with Gasteiger partial charge in [0.1, 0.15) is 0 Å². The van der Waals surface area contributed by atoms with Crippen molar-refractivity contribution in [2.45, 2.75) is 110 Å². The molecule has 2 fully saturated rings. The molecule has 0 aromatic heterocycles. The minimum absolute atomic E-state index is 0.979. The first-order valence-electron chi connectivity index (χ1n) is 12.9. The Bertz CT molecular complexity index is 614. The van der Waals surface area contributed by atoms with Gasteiger partial charge in [-0.15, -0.1) is 0 Å². The van der Waals surface area contributed by atoms with Gasteiger partial charge in [0.25, 0.3) is 0 Å². The topological polar surface area (TPSA) is 0 Å². The average Bonchev–Trinajstić information content (AvgIpc) is 2.73. The van der Waals surface area contributed by atoms with E-state index in [0.29, 0.717) is 0 Å². The minimum Gasteiger partial charge on any atom is -0.0654 e. The third kappa shape index (κ3) is 4.85. The zero-order valence-electron chi connectivity index (χ0n) is 18.7.